The highest BCUT2D eigenvalue weighted by molar-refractivity contribution is 7.99. The van der Waals surface area contributed by atoms with Gasteiger partial charge in [-0.2, -0.15) is 0 Å². The van der Waals surface area contributed by atoms with Crippen molar-refractivity contribution < 1.29 is 4.79 Å². The summed E-state index contributed by atoms with van der Waals surface area (Å²) >= 11 is 1.33. The maximum Gasteiger partial charge on any atom is 0.230 e. The Morgan fingerprint density at radius 2 is 2.04 bits per heavy atom. The maximum atomic E-state index is 12.4. The van der Waals surface area contributed by atoms with Gasteiger partial charge in [0.2, 0.25) is 11.1 Å². The summed E-state index contributed by atoms with van der Waals surface area (Å²) in [5.41, 5.74) is 1.13. The van der Waals surface area contributed by atoms with Crippen LogP contribution in [-0.2, 0) is 4.79 Å². The van der Waals surface area contributed by atoms with Crippen LogP contribution in [0.2, 0.25) is 0 Å². The van der Waals surface area contributed by atoms with Crippen molar-refractivity contribution in [2.45, 2.75) is 50.2 Å². The minimum absolute atomic E-state index is 0.0181. The molecule has 0 aliphatic heterocycles. The molecule has 2 aromatic rings. The summed E-state index contributed by atoms with van der Waals surface area (Å²) in [7, 11) is 0. The lowest BCUT2D eigenvalue weighted by molar-refractivity contribution is -0.119. The van der Waals surface area contributed by atoms with Crippen LogP contribution in [0.25, 0.3) is 0 Å². The van der Waals surface area contributed by atoms with Crippen molar-refractivity contribution >= 4 is 17.7 Å². The quantitative estimate of drug-likeness (QED) is 0.559. The predicted molar refractivity (Wildman–Crippen MR) is 99.7 cm³/mol. The summed E-state index contributed by atoms with van der Waals surface area (Å²) in [6, 6.07) is 10.1. The zero-order valence-corrected chi connectivity index (χ0v) is 15.5. The molecule has 7 heteroatoms. The van der Waals surface area contributed by atoms with Crippen LogP contribution in [0.5, 0.6) is 0 Å². The van der Waals surface area contributed by atoms with Crippen LogP contribution in [0.4, 0.5) is 0 Å². The highest BCUT2D eigenvalue weighted by Gasteiger charge is 2.30. The highest BCUT2D eigenvalue weighted by Crippen LogP contribution is 2.39. The summed E-state index contributed by atoms with van der Waals surface area (Å²) in [5.74, 6) is 8.04. The predicted octanol–water partition coefficient (Wildman–Crippen LogP) is 2.87. The molecule has 0 radical (unpaired) electrons. The number of carbonyl (C=O) groups excluding carboxylic acids is 1. The molecular weight excluding hydrogens is 334 g/mol. The lowest BCUT2D eigenvalue weighted by Crippen LogP contribution is -2.31. The average Bonchev–Trinajstić information content (AvgIpc) is 3.36. The van der Waals surface area contributed by atoms with E-state index in [1.165, 1.54) is 16.4 Å². The van der Waals surface area contributed by atoms with Crippen molar-refractivity contribution in [3.63, 3.8) is 0 Å². The van der Waals surface area contributed by atoms with Gasteiger partial charge in [-0.05, 0) is 30.7 Å². The van der Waals surface area contributed by atoms with Gasteiger partial charge in [0.15, 0.2) is 5.82 Å². The average molecular weight is 359 g/mol. The number of rotatable bonds is 8. The third-order valence-electron chi connectivity index (χ3n) is 4.21. The number of nitrogens with one attached hydrogen (secondary N) is 1. The van der Waals surface area contributed by atoms with Crippen LogP contribution in [0.1, 0.15) is 56.5 Å². The fourth-order valence-corrected chi connectivity index (χ4v) is 3.48. The molecule has 1 aromatic heterocycles. The number of hydrogen-bond donors (Lipinski definition) is 2. The van der Waals surface area contributed by atoms with Gasteiger partial charge in [0.1, 0.15) is 0 Å². The summed E-state index contributed by atoms with van der Waals surface area (Å²) in [6.45, 7) is 4.32. The topological polar surface area (TPSA) is 85.8 Å². The Morgan fingerprint density at radius 1 is 1.32 bits per heavy atom. The second-order valence-electron chi connectivity index (χ2n) is 6.93. The van der Waals surface area contributed by atoms with Crippen LogP contribution in [0, 0.1) is 5.92 Å². The number of benzene rings is 1. The molecule has 1 unspecified atom stereocenters. The standard InChI is InChI=1S/C18H25N5OS/c1-12(2)10-15(13-6-4-3-5-7-13)20-16(24)11-25-18-22-21-17(23(18)19)14-8-9-14/h3-7,12,14-15H,8-11,19H2,1-2H3,(H,20,24). The van der Waals surface area contributed by atoms with E-state index >= 15 is 0 Å². The summed E-state index contributed by atoms with van der Waals surface area (Å²) in [4.78, 5) is 12.4. The molecule has 0 bridgehead atoms. The van der Waals surface area contributed by atoms with E-state index in [2.05, 4.69) is 41.5 Å². The van der Waals surface area contributed by atoms with Crippen LogP contribution in [-0.4, -0.2) is 26.5 Å². The first-order valence-corrected chi connectivity index (χ1v) is 9.70. The summed E-state index contributed by atoms with van der Waals surface area (Å²) in [6.07, 6.45) is 3.14. The van der Waals surface area contributed by atoms with E-state index in [0.29, 0.717) is 17.0 Å². The van der Waals surface area contributed by atoms with Gasteiger partial charge >= 0.3 is 0 Å². The lowest BCUT2D eigenvalue weighted by Gasteiger charge is -2.21. The van der Waals surface area contributed by atoms with Crippen LogP contribution in [0.15, 0.2) is 35.5 Å². The van der Waals surface area contributed by atoms with Gasteiger partial charge in [-0.1, -0.05) is 55.9 Å². The van der Waals surface area contributed by atoms with Crippen molar-refractivity contribution in [2.75, 3.05) is 11.6 Å². The molecule has 3 rings (SSSR count). The Bertz CT molecular complexity index is 712. The zero-order chi connectivity index (χ0) is 17.8. The summed E-state index contributed by atoms with van der Waals surface area (Å²) < 4.78 is 1.53. The molecule has 25 heavy (non-hydrogen) atoms. The number of aromatic nitrogens is 3. The Kier molecular flexibility index (Phi) is 5.63. The monoisotopic (exact) mass is 359 g/mol. The fourth-order valence-electron chi connectivity index (χ4n) is 2.81. The minimum Gasteiger partial charge on any atom is -0.349 e. The number of carbonyl (C=O) groups is 1. The van der Waals surface area contributed by atoms with Crippen molar-refractivity contribution in [1.82, 2.24) is 20.2 Å². The molecule has 1 aliphatic rings. The van der Waals surface area contributed by atoms with Crippen molar-refractivity contribution in [1.29, 1.82) is 0 Å². The molecule has 1 heterocycles. The normalized spacial score (nSPS) is 15.3. The second kappa shape index (κ2) is 7.91. The number of thioether (sulfide) groups is 1. The summed E-state index contributed by atoms with van der Waals surface area (Å²) in [5, 5.41) is 12.0. The smallest absolute Gasteiger partial charge is 0.230 e. The Morgan fingerprint density at radius 3 is 2.68 bits per heavy atom. The number of nitrogens with two attached hydrogens (primary N) is 1. The number of hydrogen-bond acceptors (Lipinski definition) is 5. The van der Waals surface area contributed by atoms with Gasteiger partial charge in [-0.15, -0.1) is 10.2 Å². The molecular formula is C18H25N5OS. The largest absolute Gasteiger partial charge is 0.349 e. The maximum absolute atomic E-state index is 12.4. The van der Waals surface area contributed by atoms with Crippen molar-refractivity contribution in [3.05, 3.63) is 41.7 Å². The van der Waals surface area contributed by atoms with Gasteiger partial charge in [-0.25, -0.2) is 4.68 Å². The zero-order valence-electron chi connectivity index (χ0n) is 14.7. The van der Waals surface area contributed by atoms with Gasteiger partial charge in [0.25, 0.3) is 0 Å². The number of nitrogen functional groups attached to an aromatic ring is 1. The second-order valence-corrected chi connectivity index (χ2v) is 7.88. The minimum atomic E-state index is -0.0181. The van der Waals surface area contributed by atoms with Crippen LogP contribution < -0.4 is 11.2 Å². The molecule has 1 amide bonds. The van der Waals surface area contributed by atoms with E-state index < -0.39 is 0 Å². The molecule has 134 valence electrons. The van der Waals surface area contributed by atoms with Gasteiger partial charge in [0, 0.05) is 5.92 Å². The molecule has 1 aliphatic carbocycles. The molecule has 0 spiro atoms. The first-order chi connectivity index (χ1) is 12.0. The van der Waals surface area contributed by atoms with Gasteiger partial charge in [-0.3, -0.25) is 4.79 Å². The van der Waals surface area contributed by atoms with E-state index in [4.69, 9.17) is 5.84 Å². The Labute approximate surface area is 152 Å². The molecule has 1 fully saturated rings. The molecule has 1 atom stereocenters. The van der Waals surface area contributed by atoms with Crippen LogP contribution in [0.3, 0.4) is 0 Å². The SMILES string of the molecule is CC(C)CC(NC(=O)CSc1nnc(C2CC2)n1N)c1ccccc1. The molecule has 0 saturated heterocycles. The third-order valence-corrected chi connectivity index (χ3v) is 5.15. The molecule has 6 nitrogen and oxygen atoms in total. The van der Waals surface area contributed by atoms with E-state index in [-0.39, 0.29) is 17.7 Å². The Hall–Kier alpha value is -2.02. The van der Waals surface area contributed by atoms with Gasteiger partial charge < -0.3 is 11.2 Å². The number of nitrogens with zero attached hydrogens (tertiary/aromatic N) is 3. The van der Waals surface area contributed by atoms with E-state index in [9.17, 15) is 4.79 Å². The van der Waals surface area contributed by atoms with Crippen LogP contribution >= 0.6 is 11.8 Å². The first-order valence-electron chi connectivity index (χ1n) is 8.72. The molecule has 1 aromatic carbocycles. The van der Waals surface area contributed by atoms with E-state index in [0.717, 1.165) is 30.7 Å². The highest BCUT2D eigenvalue weighted by atomic mass is 32.2. The first kappa shape index (κ1) is 17.8. The van der Waals surface area contributed by atoms with Crippen molar-refractivity contribution in [2.24, 2.45) is 5.92 Å². The number of amides is 1. The van der Waals surface area contributed by atoms with Crippen molar-refractivity contribution in [3.8, 4) is 0 Å². The van der Waals surface area contributed by atoms with Gasteiger partial charge in [0.05, 0.1) is 11.8 Å². The third kappa shape index (κ3) is 4.75. The fraction of sp³-hybridized carbons (Fsp3) is 0.500. The van der Waals surface area contributed by atoms with E-state index in [1.807, 2.05) is 18.2 Å². The Balaban J connectivity index is 1.58. The molecule has 1 saturated carbocycles. The molecule has 3 N–H and O–H groups in total. The lowest BCUT2D eigenvalue weighted by atomic mass is 9.97. The van der Waals surface area contributed by atoms with E-state index in [1.54, 1.807) is 0 Å².